The Hall–Kier alpha value is -1.95. The van der Waals surface area contributed by atoms with Gasteiger partial charge in [0.2, 0.25) is 5.91 Å². The summed E-state index contributed by atoms with van der Waals surface area (Å²) in [5.74, 6) is -3.65. The van der Waals surface area contributed by atoms with Crippen molar-refractivity contribution < 1.29 is 29.0 Å². The summed E-state index contributed by atoms with van der Waals surface area (Å²) in [6.45, 7) is 10.6. The van der Waals surface area contributed by atoms with E-state index in [1.165, 1.54) is 11.1 Å². The Labute approximate surface area is 192 Å². The summed E-state index contributed by atoms with van der Waals surface area (Å²) < 4.78 is 11.0. The predicted molar refractivity (Wildman–Crippen MR) is 129 cm³/mol. The number of aliphatic carboxylic acids is 1. The molecule has 0 bridgehead atoms. The van der Waals surface area contributed by atoms with Crippen LogP contribution in [-0.2, 0) is 14.2 Å². The molecule has 2 atom stereocenters. The molecule has 0 rings (SSSR count). The maximum atomic E-state index is 11.9. The van der Waals surface area contributed by atoms with Crippen molar-refractivity contribution in [2.75, 3.05) is 12.7 Å². The van der Waals surface area contributed by atoms with Gasteiger partial charge in [-0.15, -0.1) is 0 Å². The molecule has 0 aliphatic heterocycles. The Bertz CT molecular complexity index is 775. The smallest absolute Gasteiger partial charge is 0.326 e. The Morgan fingerprint density at radius 1 is 0.969 bits per heavy atom. The van der Waals surface area contributed by atoms with Crippen LogP contribution in [0.25, 0.3) is 0 Å². The highest BCUT2D eigenvalue weighted by atomic mass is 31.2. The topological polar surface area (TPSA) is 124 Å². The second-order valence-electron chi connectivity index (χ2n) is 8.42. The van der Waals surface area contributed by atoms with Crippen LogP contribution in [0, 0.1) is 11.8 Å². The van der Waals surface area contributed by atoms with Crippen molar-refractivity contribution in [3.8, 4) is 0 Å². The zero-order chi connectivity index (χ0) is 24.7. The van der Waals surface area contributed by atoms with Gasteiger partial charge in [-0.3, -0.25) is 14.2 Å². The van der Waals surface area contributed by atoms with E-state index in [0.717, 1.165) is 37.7 Å². The summed E-state index contributed by atoms with van der Waals surface area (Å²) in [6, 6.07) is 0. The first-order chi connectivity index (χ1) is 14.9. The van der Waals surface area contributed by atoms with E-state index in [4.69, 9.17) is 14.9 Å². The first kappa shape index (κ1) is 30.0. The molecule has 0 aliphatic carbocycles. The van der Waals surface area contributed by atoms with Crippen LogP contribution in [0.2, 0.25) is 0 Å². The normalized spacial score (nSPS) is 15.7. The monoisotopic (exact) mass is 469 g/mol. The molecular weight excluding hydrogens is 429 g/mol. The molecule has 0 fully saturated rings. The van der Waals surface area contributed by atoms with Gasteiger partial charge in [-0.25, -0.2) is 0 Å². The number of carbonyl (C=O) groups is 2. The van der Waals surface area contributed by atoms with Gasteiger partial charge in [-0.1, -0.05) is 54.0 Å². The van der Waals surface area contributed by atoms with Gasteiger partial charge in [0.05, 0.1) is 6.16 Å². The highest BCUT2D eigenvalue weighted by Crippen LogP contribution is 2.37. The van der Waals surface area contributed by atoms with E-state index in [0.29, 0.717) is 5.92 Å². The molecule has 32 heavy (non-hydrogen) atoms. The summed E-state index contributed by atoms with van der Waals surface area (Å²) in [5, 5.41) is 11.4. The van der Waals surface area contributed by atoms with Crippen molar-refractivity contribution >= 4 is 19.5 Å². The third-order valence-corrected chi connectivity index (χ3v) is 5.83. The van der Waals surface area contributed by atoms with E-state index in [1.54, 1.807) is 6.08 Å². The van der Waals surface area contributed by atoms with Crippen molar-refractivity contribution in [2.24, 2.45) is 11.8 Å². The van der Waals surface area contributed by atoms with Gasteiger partial charge < -0.3 is 20.2 Å². The SMILES string of the molecule is CC=CC(C)C/C(C)=C/CC/C(C)=C/CC/C(C)=C/CNC(=O)C(CP(=O)(O)O)C(=O)O. The molecule has 182 valence electrons. The number of amides is 1. The van der Waals surface area contributed by atoms with Crippen LogP contribution in [0.3, 0.4) is 0 Å². The summed E-state index contributed by atoms with van der Waals surface area (Å²) >= 11 is 0. The average Bonchev–Trinajstić information content (AvgIpc) is 2.65. The zero-order valence-electron chi connectivity index (χ0n) is 20.0. The van der Waals surface area contributed by atoms with E-state index in [-0.39, 0.29) is 6.54 Å². The summed E-state index contributed by atoms with van der Waals surface area (Å²) in [6.07, 6.45) is 14.4. The van der Waals surface area contributed by atoms with Gasteiger partial charge in [-0.05, 0) is 65.7 Å². The summed E-state index contributed by atoms with van der Waals surface area (Å²) in [5.41, 5.74) is 3.79. The van der Waals surface area contributed by atoms with Gasteiger partial charge in [0.25, 0.3) is 0 Å². The molecule has 0 radical (unpaired) electrons. The van der Waals surface area contributed by atoms with Crippen LogP contribution in [0.4, 0.5) is 0 Å². The fourth-order valence-corrected chi connectivity index (χ4v) is 4.04. The minimum Gasteiger partial charge on any atom is -0.481 e. The molecule has 2 unspecified atom stereocenters. The molecule has 0 aromatic heterocycles. The van der Waals surface area contributed by atoms with Crippen molar-refractivity contribution in [2.45, 2.75) is 66.7 Å². The second kappa shape index (κ2) is 15.8. The largest absolute Gasteiger partial charge is 0.481 e. The van der Waals surface area contributed by atoms with Crippen LogP contribution in [0.5, 0.6) is 0 Å². The second-order valence-corrected chi connectivity index (χ2v) is 10.1. The van der Waals surface area contributed by atoms with Gasteiger partial charge in [0.1, 0.15) is 5.92 Å². The van der Waals surface area contributed by atoms with Gasteiger partial charge >= 0.3 is 13.6 Å². The fourth-order valence-electron chi connectivity index (χ4n) is 3.24. The van der Waals surface area contributed by atoms with Crippen LogP contribution in [0.1, 0.15) is 66.7 Å². The van der Waals surface area contributed by atoms with E-state index >= 15 is 0 Å². The lowest BCUT2D eigenvalue weighted by Crippen LogP contribution is -2.37. The van der Waals surface area contributed by atoms with Crippen molar-refractivity contribution in [3.05, 3.63) is 47.1 Å². The standard InChI is InChI=1S/C24H40NO6P/c1-6-9-20(4)16-21(5)13-8-11-18(2)10-7-12-19(3)14-15-25-23(26)22(24(27)28)17-32(29,30)31/h6,9-10,13-14,20,22H,7-8,11-12,15-17H2,1-5H3,(H,25,26)(H,27,28)(H2,29,30,31)/b9-6?,18-10+,19-14+,21-13+. The van der Waals surface area contributed by atoms with Gasteiger partial charge in [0, 0.05) is 6.54 Å². The molecular formula is C24H40NO6P. The number of carboxylic acid groups (broad SMARTS) is 1. The van der Waals surface area contributed by atoms with Crippen LogP contribution in [-0.4, -0.2) is 39.5 Å². The molecule has 0 heterocycles. The Balaban J connectivity index is 4.39. The van der Waals surface area contributed by atoms with Gasteiger partial charge in [-0.2, -0.15) is 0 Å². The first-order valence-electron chi connectivity index (χ1n) is 11.0. The summed E-state index contributed by atoms with van der Waals surface area (Å²) in [7, 11) is -4.60. The highest BCUT2D eigenvalue weighted by molar-refractivity contribution is 7.51. The Morgan fingerprint density at radius 2 is 1.50 bits per heavy atom. The van der Waals surface area contributed by atoms with Gasteiger partial charge in [0.15, 0.2) is 0 Å². The Kier molecular flexibility index (Phi) is 14.8. The number of carbonyl (C=O) groups excluding carboxylic acids is 1. The molecule has 0 saturated carbocycles. The summed E-state index contributed by atoms with van der Waals surface area (Å²) in [4.78, 5) is 40.8. The molecule has 1 amide bonds. The molecule has 0 saturated heterocycles. The van der Waals surface area contributed by atoms with E-state index in [2.05, 4.69) is 50.4 Å². The lowest BCUT2D eigenvalue weighted by molar-refractivity contribution is -0.146. The number of carboxylic acids is 1. The van der Waals surface area contributed by atoms with Crippen LogP contribution < -0.4 is 5.32 Å². The third-order valence-electron chi connectivity index (χ3n) is 4.99. The number of nitrogens with one attached hydrogen (secondary N) is 1. The lowest BCUT2D eigenvalue weighted by Gasteiger charge is -2.13. The van der Waals surface area contributed by atoms with Crippen LogP contribution >= 0.6 is 7.60 Å². The maximum absolute atomic E-state index is 11.9. The third kappa shape index (κ3) is 15.8. The molecule has 0 spiro atoms. The molecule has 0 aliphatic rings. The zero-order valence-corrected chi connectivity index (χ0v) is 20.9. The number of rotatable bonds is 15. The molecule has 0 aromatic rings. The number of hydrogen-bond acceptors (Lipinski definition) is 3. The first-order valence-corrected chi connectivity index (χ1v) is 12.8. The fraction of sp³-hybridized carbons (Fsp3) is 0.583. The van der Waals surface area contributed by atoms with E-state index in [1.807, 2.05) is 13.8 Å². The minimum atomic E-state index is -4.60. The lowest BCUT2D eigenvalue weighted by atomic mass is 10.00. The maximum Gasteiger partial charge on any atom is 0.326 e. The number of allylic oxidation sites excluding steroid dienone is 7. The average molecular weight is 470 g/mol. The molecule has 0 aromatic carbocycles. The van der Waals surface area contributed by atoms with Crippen LogP contribution in [0.15, 0.2) is 47.1 Å². The minimum absolute atomic E-state index is 0.119. The van der Waals surface area contributed by atoms with E-state index < -0.39 is 31.6 Å². The van der Waals surface area contributed by atoms with E-state index in [9.17, 15) is 14.2 Å². The number of hydrogen-bond donors (Lipinski definition) is 4. The highest BCUT2D eigenvalue weighted by Gasteiger charge is 2.33. The van der Waals surface area contributed by atoms with Crippen molar-refractivity contribution in [1.82, 2.24) is 5.32 Å². The van der Waals surface area contributed by atoms with Crippen molar-refractivity contribution in [3.63, 3.8) is 0 Å². The Morgan fingerprint density at radius 3 is 2.00 bits per heavy atom. The molecule has 8 heteroatoms. The molecule has 4 N–H and O–H groups in total. The quantitative estimate of drug-likeness (QED) is 0.152. The van der Waals surface area contributed by atoms with Crippen molar-refractivity contribution in [1.29, 1.82) is 0 Å². The predicted octanol–water partition coefficient (Wildman–Crippen LogP) is 4.98. The molecule has 7 nitrogen and oxygen atoms in total.